The molecule has 0 radical (unpaired) electrons. The maximum atomic E-state index is 12.0. The van der Waals surface area contributed by atoms with Crippen molar-refractivity contribution in [3.63, 3.8) is 0 Å². The van der Waals surface area contributed by atoms with Gasteiger partial charge in [0.15, 0.2) is 0 Å². The average Bonchev–Trinajstić information content (AvgIpc) is 2.50. The molecule has 1 rings (SSSR count). The first-order chi connectivity index (χ1) is 11.3. The van der Waals surface area contributed by atoms with Crippen molar-refractivity contribution < 1.29 is 18.0 Å². The molecule has 0 bridgehead atoms. The van der Waals surface area contributed by atoms with Gasteiger partial charge in [-0.1, -0.05) is 11.6 Å². The highest BCUT2D eigenvalue weighted by atomic mass is 35.5. The smallest absolute Gasteiger partial charge is 0.358 e. The summed E-state index contributed by atoms with van der Waals surface area (Å²) < 4.78 is 35.9. The van der Waals surface area contributed by atoms with Gasteiger partial charge >= 0.3 is 6.18 Å². The molecule has 0 aromatic carbocycles. The van der Waals surface area contributed by atoms with Crippen LogP contribution in [0.3, 0.4) is 0 Å². The quantitative estimate of drug-likeness (QED) is 0.450. The number of carbonyl (C=O) groups is 1. The largest absolute Gasteiger partial charge is 0.389 e. The van der Waals surface area contributed by atoms with Crippen LogP contribution in [0.2, 0.25) is 0 Å². The molecule has 0 aliphatic carbocycles. The maximum absolute atomic E-state index is 12.0. The molecule has 5 nitrogen and oxygen atoms in total. The van der Waals surface area contributed by atoms with Crippen LogP contribution in [-0.2, 0) is 4.79 Å². The molecular weight excluding hydrogens is 365 g/mol. The third-order valence-electron chi connectivity index (χ3n) is 2.56. The summed E-state index contributed by atoms with van der Waals surface area (Å²) in [5, 5.41) is 12.3. The van der Waals surface area contributed by atoms with Crippen molar-refractivity contribution >= 4 is 40.1 Å². The average molecular weight is 381 g/mol. The number of hydrogen-bond donors (Lipinski definition) is 3. The van der Waals surface area contributed by atoms with E-state index in [9.17, 15) is 18.0 Å². The summed E-state index contributed by atoms with van der Waals surface area (Å²) in [5.74, 6) is -0.270. The van der Waals surface area contributed by atoms with Crippen LogP contribution >= 0.6 is 23.4 Å². The van der Waals surface area contributed by atoms with E-state index >= 15 is 0 Å². The Morgan fingerprint density at radius 2 is 2.17 bits per heavy atom. The Morgan fingerprint density at radius 1 is 1.42 bits per heavy atom. The molecule has 0 unspecified atom stereocenters. The van der Waals surface area contributed by atoms with Gasteiger partial charge in [-0.2, -0.15) is 24.9 Å². The summed E-state index contributed by atoms with van der Waals surface area (Å²) in [7, 11) is 0. The highest BCUT2D eigenvalue weighted by molar-refractivity contribution is 7.99. The van der Waals surface area contributed by atoms with Crippen LogP contribution in [0.5, 0.6) is 0 Å². The fourth-order valence-electron chi connectivity index (χ4n) is 1.43. The molecule has 10 heteroatoms. The van der Waals surface area contributed by atoms with Crippen LogP contribution in [0.25, 0.3) is 0 Å². The number of hydrogen-bond acceptors (Lipinski definition) is 5. The predicted octanol–water partition coefficient (Wildman–Crippen LogP) is 3.74. The van der Waals surface area contributed by atoms with Gasteiger partial charge < -0.3 is 10.6 Å². The first kappa shape index (κ1) is 20.3. The van der Waals surface area contributed by atoms with Crippen molar-refractivity contribution in [2.45, 2.75) is 19.0 Å². The summed E-state index contributed by atoms with van der Waals surface area (Å²) in [6.45, 7) is 0. The first-order valence-corrected chi connectivity index (χ1v) is 8.36. The minimum atomic E-state index is -4.18. The highest BCUT2D eigenvalue weighted by Gasteiger charge is 2.26. The standard InChI is InChI=1S/C14H16ClF3N4OS/c15-13(19)11(9-21-10-2-1-5-20-8-10)22-12(23)3-6-24-7-4-14(16,17)18/h1-2,5,8-9,19,21H,3-4,6-7H2,(H,22,23)/b11-9+,19-13?. The summed E-state index contributed by atoms with van der Waals surface area (Å²) in [6, 6.07) is 3.44. The minimum Gasteiger partial charge on any atom is -0.358 e. The zero-order chi connectivity index (χ0) is 18.0. The van der Waals surface area contributed by atoms with Gasteiger partial charge in [0.05, 0.1) is 24.0 Å². The van der Waals surface area contributed by atoms with Crippen molar-refractivity contribution in [1.29, 1.82) is 5.41 Å². The molecule has 1 aromatic heterocycles. The van der Waals surface area contributed by atoms with Crippen LogP contribution < -0.4 is 10.6 Å². The van der Waals surface area contributed by atoms with Crippen LogP contribution in [0.1, 0.15) is 12.8 Å². The number of pyridine rings is 1. The molecule has 0 aliphatic heterocycles. The van der Waals surface area contributed by atoms with E-state index in [2.05, 4.69) is 15.6 Å². The summed E-state index contributed by atoms with van der Waals surface area (Å²) in [4.78, 5) is 15.6. The van der Waals surface area contributed by atoms with E-state index in [1.165, 1.54) is 6.20 Å². The lowest BCUT2D eigenvalue weighted by molar-refractivity contribution is -0.129. The topological polar surface area (TPSA) is 77.9 Å². The number of amides is 1. The lowest BCUT2D eigenvalue weighted by Crippen LogP contribution is -2.26. The molecule has 3 N–H and O–H groups in total. The molecule has 0 saturated carbocycles. The molecule has 0 aliphatic rings. The number of thioether (sulfide) groups is 1. The Bertz CT molecular complexity index is 581. The third-order valence-corrected chi connectivity index (χ3v) is 3.75. The van der Waals surface area contributed by atoms with Gasteiger partial charge in [0, 0.05) is 30.3 Å². The molecule has 0 saturated heterocycles. The van der Waals surface area contributed by atoms with Crippen molar-refractivity contribution in [2.75, 3.05) is 16.8 Å². The van der Waals surface area contributed by atoms with Gasteiger partial charge in [-0.05, 0) is 12.1 Å². The second-order valence-corrected chi connectivity index (χ2v) is 6.14. The fraction of sp³-hybridized carbons (Fsp3) is 0.357. The van der Waals surface area contributed by atoms with Crippen LogP contribution in [-0.4, -0.2) is 33.7 Å². The molecule has 24 heavy (non-hydrogen) atoms. The summed E-state index contributed by atoms with van der Waals surface area (Å²) in [6.07, 6.45) is -0.552. The zero-order valence-corrected chi connectivity index (χ0v) is 14.1. The first-order valence-electron chi connectivity index (χ1n) is 6.83. The number of alkyl halides is 3. The van der Waals surface area contributed by atoms with Gasteiger partial charge in [-0.25, -0.2) is 0 Å². The Hall–Kier alpha value is -1.74. The number of halogens is 4. The maximum Gasteiger partial charge on any atom is 0.389 e. The summed E-state index contributed by atoms with van der Waals surface area (Å²) in [5.41, 5.74) is 0.704. The SMILES string of the molecule is N=C(Cl)/C(=C\Nc1cccnc1)NC(=O)CCSCCC(F)(F)F. The third kappa shape index (κ3) is 9.41. The van der Waals surface area contributed by atoms with E-state index in [4.69, 9.17) is 17.0 Å². The molecular formula is C14H16ClF3N4OS. The molecule has 0 spiro atoms. The normalized spacial score (nSPS) is 11.9. The van der Waals surface area contributed by atoms with Crippen LogP contribution in [0.15, 0.2) is 36.4 Å². The monoisotopic (exact) mass is 380 g/mol. The number of carbonyl (C=O) groups excluding carboxylic acids is 1. The number of aromatic nitrogens is 1. The van der Waals surface area contributed by atoms with E-state index < -0.39 is 18.5 Å². The minimum absolute atomic E-state index is 0.0247. The van der Waals surface area contributed by atoms with Crippen LogP contribution in [0, 0.1) is 5.41 Å². The van der Waals surface area contributed by atoms with Crippen molar-refractivity contribution in [1.82, 2.24) is 10.3 Å². The van der Waals surface area contributed by atoms with Crippen LogP contribution in [0.4, 0.5) is 18.9 Å². The molecule has 1 amide bonds. The van der Waals surface area contributed by atoms with Crippen molar-refractivity contribution in [3.8, 4) is 0 Å². The van der Waals surface area contributed by atoms with E-state index in [1.54, 1.807) is 24.5 Å². The van der Waals surface area contributed by atoms with E-state index in [0.717, 1.165) is 11.8 Å². The Labute approximate surface area is 146 Å². The van der Waals surface area contributed by atoms with E-state index in [1.807, 2.05) is 0 Å². The van der Waals surface area contributed by atoms with Gasteiger partial charge in [0.25, 0.3) is 0 Å². The van der Waals surface area contributed by atoms with Gasteiger partial charge in [-0.3, -0.25) is 15.2 Å². The van der Waals surface area contributed by atoms with Gasteiger partial charge in [-0.15, -0.1) is 0 Å². The predicted molar refractivity (Wildman–Crippen MR) is 90.3 cm³/mol. The number of allylic oxidation sites excluding steroid dienone is 1. The van der Waals surface area contributed by atoms with Gasteiger partial charge in [0.1, 0.15) is 5.17 Å². The molecule has 1 aromatic rings. The van der Waals surface area contributed by atoms with E-state index in [0.29, 0.717) is 5.69 Å². The number of rotatable bonds is 9. The summed E-state index contributed by atoms with van der Waals surface area (Å²) >= 11 is 6.65. The van der Waals surface area contributed by atoms with Crippen molar-refractivity contribution in [2.24, 2.45) is 0 Å². The van der Waals surface area contributed by atoms with Gasteiger partial charge in [0.2, 0.25) is 5.91 Å². The number of anilines is 1. The second kappa shape index (κ2) is 10.2. The van der Waals surface area contributed by atoms with Crippen molar-refractivity contribution in [3.05, 3.63) is 36.4 Å². The number of nitrogens with zero attached hydrogens (tertiary/aromatic N) is 1. The second-order valence-electron chi connectivity index (χ2n) is 4.53. The molecule has 1 heterocycles. The molecule has 0 fully saturated rings. The Balaban J connectivity index is 2.39. The zero-order valence-electron chi connectivity index (χ0n) is 12.5. The van der Waals surface area contributed by atoms with E-state index in [-0.39, 0.29) is 28.8 Å². The number of nitrogens with one attached hydrogen (secondary N) is 3. The molecule has 132 valence electrons. The Morgan fingerprint density at radius 3 is 2.75 bits per heavy atom. The fourth-order valence-corrected chi connectivity index (χ4v) is 2.44. The lowest BCUT2D eigenvalue weighted by atomic mass is 10.4. The lowest BCUT2D eigenvalue weighted by Gasteiger charge is -2.09. The Kier molecular flexibility index (Phi) is 8.62. The highest BCUT2D eigenvalue weighted by Crippen LogP contribution is 2.22. The molecule has 0 atom stereocenters.